The highest BCUT2D eigenvalue weighted by molar-refractivity contribution is 5.28. The number of nitrogens with zero attached hydrogens (tertiary/aromatic N) is 2. The molecule has 5 heteroatoms. The Kier molecular flexibility index (Phi) is 4.78. The van der Waals surface area contributed by atoms with Crippen LogP contribution in [0.2, 0.25) is 0 Å². The summed E-state index contributed by atoms with van der Waals surface area (Å²) in [6.07, 6.45) is 0. The van der Waals surface area contributed by atoms with Crippen LogP contribution >= 0.6 is 0 Å². The minimum atomic E-state index is -1.04. The molecule has 0 aliphatic rings. The fraction of sp³-hybridized carbons (Fsp3) is 0.588. The molecule has 2 unspecified atom stereocenters. The standard InChI is InChI=1S/C17H27N3O2/c1-7-20-14(5)16(13(4)19-20)12(3)18-10-17(6,21)15-9-8-11(2)22-15/h8-9,12,18,21H,7,10H2,1-6H3. The molecular formula is C17H27N3O2. The minimum Gasteiger partial charge on any atom is -0.463 e. The van der Waals surface area contributed by atoms with E-state index in [1.54, 1.807) is 6.92 Å². The van der Waals surface area contributed by atoms with E-state index in [9.17, 15) is 5.11 Å². The number of aryl methyl sites for hydroxylation is 3. The first kappa shape index (κ1) is 16.8. The van der Waals surface area contributed by atoms with Crippen molar-refractivity contribution in [3.8, 4) is 0 Å². The third-order valence-electron chi connectivity index (χ3n) is 4.19. The van der Waals surface area contributed by atoms with Gasteiger partial charge >= 0.3 is 0 Å². The van der Waals surface area contributed by atoms with E-state index in [0.717, 1.165) is 18.0 Å². The van der Waals surface area contributed by atoms with Crippen LogP contribution in [0.1, 0.15) is 55.3 Å². The third-order valence-corrected chi connectivity index (χ3v) is 4.19. The molecule has 0 bridgehead atoms. The lowest BCUT2D eigenvalue weighted by atomic mass is 10.0. The van der Waals surface area contributed by atoms with Gasteiger partial charge in [-0.15, -0.1) is 0 Å². The quantitative estimate of drug-likeness (QED) is 0.861. The molecule has 2 aromatic heterocycles. The summed E-state index contributed by atoms with van der Waals surface area (Å²) in [6, 6.07) is 3.81. The van der Waals surface area contributed by atoms with Gasteiger partial charge < -0.3 is 14.8 Å². The monoisotopic (exact) mass is 305 g/mol. The summed E-state index contributed by atoms with van der Waals surface area (Å²) < 4.78 is 7.56. The second-order valence-corrected chi connectivity index (χ2v) is 6.19. The van der Waals surface area contributed by atoms with Crippen LogP contribution in [0.3, 0.4) is 0 Å². The average Bonchev–Trinajstić information content (AvgIpc) is 3.01. The van der Waals surface area contributed by atoms with Gasteiger partial charge in [-0.25, -0.2) is 0 Å². The number of nitrogens with one attached hydrogen (secondary N) is 1. The highest BCUT2D eigenvalue weighted by atomic mass is 16.4. The van der Waals surface area contributed by atoms with Gasteiger partial charge in [0.1, 0.15) is 17.1 Å². The lowest BCUT2D eigenvalue weighted by molar-refractivity contribution is 0.0312. The molecule has 2 atom stereocenters. The minimum absolute atomic E-state index is 0.114. The van der Waals surface area contributed by atoms with E-state index in [1.807, 2.05) is 30.7 Å². The van der Waals surface area contributed by atoms with Crippen molar-refractivity contribution in [1.29, 1.82) is 0 Å². The molecule has 2 N–H and O–H groups in total. The highest BCUT2D eigenvalue weighted by Crippen LogP contribution is 2.25. The topological polar surface area (TPSA) is 63.2 Å². The van der Waals surface area contributed by atoms with E-state index >= 15 is 0 Å². The molecule has 0 aliphatic carbocycles. The van der Waals surface area contributed by atoms with Crippen molar-refractivity contribution >= 4 is 0 Å². The Bertz CT molecular complexity index is 640. The molecule has 0 aliphatic heterocycles. The van der Waals surface area contributed by atoms with Crippen molar-refractivity contribution in [1.82, 2.24) is 15.1 Å². The molecule has 2 aromatic rings. The maximum atomic E-state index is 10.6. The first-order valence-corrected chi connectivity index (χ1v) is 7.82. The lowest BCUT2D eigenvalue weighted by Crippen LogP contribution is -2.36. The van der Waals surface area contributed by atoms with E-state index < -0.39 is 5.60 Å². The zero-order valence-corrected chi connectivity index (χ0v) is 14.4. The highest BCUT2D eigenvalue weighted by Gasteiger charge is 2.28. The average molecular weight is 305 g/mol. The van der Waals surface area contributed by atoms with Gasteiger partial charge in [0, 0.05) is 30.4 Å². The summed E-state index contributed by atoms with van der Waals surface area (Å²) in [5, 5.41) is 18.6. The Morgan fingerprint density at radius 2 is 2.05 bits per heavy atom. The summed E-state index contributed by atoms with van der Waals surface area (Å²) in [4.78, 5) is 0. The van der Waals surface area contributed by atoms with Gasteiger partial charge in [0.2, 0.25) is 0 Å². The summed E-state index contributed by atoms with van der Waals surface area (Å²) in [5.41, 5.74) is 2.38. The molecular weight excluding hydrogens is 278 g/mol. The maximum Gasteiger partial charge on any atom is 0.136 e. The van der Waals surface area contributed by atoms with Gasteiger partial charge in [-0.05, 0) is 53.7 Å². The second-order valence-electron chi connectivity index (χ2n) is 6.19. The molecule has 0 saturated heterocycles. The zero-order valence-electron chi connectivity index (χ0n) is 14.4. The fourth-order valence-corrected chi connectivity index (χ4v) is 2.91. The van der Waals surface area contributed by atoms with Crippen molar-refractivity contribution in [2.45, 2.75) is 59.7 Å². The molecule has 122 valence electrons. The Labute approximate surface area is 132 Å². The van der Waals surface area contributed by atoms with Crippen LogP contribution in [0.15, 0.2) is 16.5 Å². The SMILES string of the molecule is CCn1nc(C)c(C(C)NCC(C)(O)c2ccc(C)o2)c1C. The van der Waals surface area contributed by atoms with Gasteiger partial charge in [-0.3, -0.25) is 4.68 Å². The van der Waals surface area contributed by atoms with Crippen molar-refractivity contribution < 1.29 is 9.52 Å². The number of aromatic nitrogens is 2. The molecule has 0 saturated carbocycles. The smallest absolute Gasteiger partial charge is 0.136 e. The van der Waals surface area contributed by atoms with Crippen molar-refractivity contribution in [2.24, 2.45) is 0 Å². The Balaban J connectivity index is 2.09. The van der Waals surface area contributed by atoms with E-state index in [0.29, 0.717) is 12.3 Å². The van der Waals surface area contributed by atoms with Crippen LogP contribution in [-0.4, -0.2) is 21.4 Å². The molecule has 5 nitrogen and oxygen atoms in total. The predicted octanol–water partition coefficient (Wildman–Crippen LogP) is 2.98. The van der Waals surface area contributed by atoms with Crippen LogP contribution in [0.25, 0.3) is 0 Å². The van der Waals surface area contributed by atoms with E-state index in [1.165, 1.54) is 11.3 Å². The molecule has 2 heterocycles. The largest absolute Gasteiger partial charge is 0.463 e. The van der Waals surface area contributed by atoms with Crippen LogP contribution in [0.5, 0.6) is 0 Å². The van der Waals surface area contributed by atoms with Crippen LogP contribution in [0.4, 0.5) is 0 Å². The number of aliphatic hydroxyl groups is 1. The van der Waals surface area contributed by atoms with Crippen molar-refractivity contribution in [2.75, 3.05) is 6.54 Å². The summed E-state index contributed by atoms with van der Waals surface area (Å²) in [7, 11) is 0. The van der Waals surface area contributed by atoms with Gasteiger partial charge in [-0.1, -0.05) is 0 Å². The molecule has 22 heavy (non-hydrogen) atoms. The molecule has 2 rings (SSSR count). The zero-order chi connectivity index (χ0) is 16.5. The third kappa shape index (κ3) is 3.25. The number of hydrogen-bond acceptors (Lipinski definition) is 4. The summed E-state index contributed by atoms with van der Waals surface area (Å²) >= 11 is 0. The first-order chi connectivity index (χ1) is 10.3. The van der Waals surface area contributed by atoms with Gasteiger partial charge in [0.15, 0.2) is 0 Å². The normalized spacial score (nSPS) is 15.8. The Morgan fingerprint density at radius 1 is 1.36 bits per heavy atom. The molecule has 0 amide bonds. The number of rotatable bonds is 6. The number of furan rings is 1. The van der Waals surface area contributed by atoms with E-state index in [-0.39, 0.29) is 6.04 Å². The van der Waals surface area contributed by atoms with Crippen LogP contribution in [-0.2, 0) is 12.1 Å². The van der Waals surface area contributed by atoms with E-state index in [2.05, 4.69) is 31.2 Å². The summed E-state index contributed by atoms with van der Waals surface area (Å²) in [5.74, 6) is 1.39. The van der Waals surface area contributed by atoms with Crippen molar-refractivity contribution in [3.63, 3.8) is 0 Å². The van der Waals surface area contributed by atoms with E-state index in [4.69, 9.17) is 4.42 Å². The molecule has 0 fully saturated rings. The van der Waals surface area contributed by atoms with Crippen LogP contribution < -0.4 is 5.32 Å². The number of hydrogen-bond donors (Lipinski definition) is 2. The van der Waals surface area contributed by atoms with Gasteiger partial charge in [0.25, 0.3) is 0 Å². The van der Waals surface area contributed by atoms with Gasteiger partial charge in [0.05, 0.1) is 5.69 Å². The molecule has 0 spiro atoms. The first-order valence-electron chi connectivity index (χ1n) is 7.82. The predicted molar refractivity (Wildman–Crippen MR) is 86.8 cm³/mol. The molecule has 0 aromatic carbocycles. The van der Waals surface area contributed by atoms with Gasteiger partial charge in [-0.2, -0.15) is 5.10 Å². The lowest BCUT2D eigenvalue weighted by Gasteiger charge is -2.24. The van der Waals surface area contributed by atoms with Crippen molar-refractivity contribution in [3.05, 3.63) is 40.6 Å². The fourth-order valence-electron chi connectivity index (χ4n) is 2.91. The Morgan fingerprint density at radius 3 is 2.55 bits per heavy atom. The Hall–Kier alpha value is -1.59. The molecule has 0 radical (unpaired) electrons. The van der Waals surface area contributed by atoms with Crippen LogP contribution in [0, 0.1) is 20.8 Å². The summed E-state index contributed by atoms with van der Waals surface area (Å²) in [6.45, 7) is 13.2. The maximum absolute atomic E-state index is 10.6. The second kappa shape index (κ2) is 6.26.